The second-order valence-corrected chi connectivity index (χ2v) is 8.65. The summed E-state index contributed by atoms with van der Waals surface area (Å²) in [6.07, 6.45) is 1.50. The van der Waals surface area contributed by atoms with Gasteiger partial charge in [0.15, 0.2) is 5.58 Å². The Balaban J connectivity index is 1.76. The Hall–Kier alpha value is -4.32. The van der Waals surface area contributed by atoms with Crippen molar-refractivity contribution in [1.82, 2.24) is 4.40 Å². The number of hydrogen-bond acceptors (Lipinski definition) is 4. The molecule has 4 nitrogen and oxygen atoms in total. The van der Waals surface area contributed by atoms with E-state index in [0.717, 1.165) is 25.9 Å². The molecule has 0 amide bonds. The Morgan fingerprint density at radius 1 is 0.903 bits per heavy atom. The number of thiophene rings is 1. The lowest BCUT2D eigenvalue weighted by Crippen LogP contribution is -1.89. The summed E-state index contributed by atoms with van der Waals surface area (Å²) >= 11 is 1.68. The fourth-order valence-electron chi connectivity index (χ4n) is 4.84. The molecule has 0 unspecified atom stereocenters. The van der Waals surface area contributed by atoms with Crippen LogP contribution >= 0.6 is 11.3 Å². The third-order valence-corrected chi connectivity index (χ3v) is 7.14. The minimum atomic E-state index is 0.0285. The minimum absolute atomic E-state index is 0.0285. The van der Waals surface area contributed by atoms with Gasteiger partial charge in [0, 0.05) is 28.3 Å². The number of hydrogen-bond donors (Lipinski definition) is 0. The van der Waals surface area contributed by atoms with Gasteiger partial charge in [-0.1, -0.05) is 48.5 Å². The number of benzene rings is 3. The molecule has 0 aliphatic heterocycles. The fraction of sp³-hybridized carbons (Fsp3) is 0. The van der Waals surface area contributed by atoms with Crippen LogP contribution in [0.4, 0.5) is 0 Å². The van der Waals surface area contributed by atoms with Crippen molar-refractivity contribution in [2.75, 3.05) is 0 Å². The quantitative estimate of drug-likeness (QED) is 0.267. The van der Waals surface area contributed by atoms with Crippen molar-refractivity contribution in [2.24, 2.45) is 0 Å². The molecule has 0 spiro atoms. The van der Waals surface area contributed by atoms with Gasteiger partial charge in [-0.2, -0.15) is 10.5 Å². The van der Waals surface area contributed by atoms with Gasteiger partial charge in [-0.25, -0.2) is 0 Å². The summed E-state index contributed by atoms with van der Waals surface area (Å²) in [4.78, 5) is 1.14. The maximum absolute atomic E-state index is 9.09. The lowest BCUT2D eigenvalue weighted by molar-refractivity contribution is 0.608. The first-order chi connectivity index (χ1) is 15.3. The highest BCUT2D eigenvalue weighted by Gasteiger charge is 2.22. The van der Waals surface area contributed by atoms with Crippen LogP contribution in [0, 0.1) is 22.7 Å². The van der Waals surface area contributed by atoms with Gasteiger partial charge >= 0.3 is 0 Å². The summed E-state index contributed by atoms with van der Waals surface area (Å²) < 4.78 is 9.55. The maximum atomic E-state index is 9.09. The molecule has 0 fully saturated rings. The van der Waals surface area contributed by atoms with E-state index >= 15 is 0 Å². The summed E-state index contributed by atoms with van der Waals surface area (Å²) in [7, 11) is 0. The van der Waals surface area contributed by atoms with E-state index < -0.39 is 0 Å². The lowest BCUT2D eigenvalue weighted by atomic mass is 10.0. The van der Waals surface area contributed by atoms with Crippen molar-refractivity contribution < 1.29 is 4.42 Å². The normalized spacial score (nSPS) is 11.8. The molecular formula is C26H11N3OS. The summed E-state index contributed by atoms with van der Waals surface area (Å²) in [5, 5.41) is 25.3. The Kier molecular flexibility index (Phi) is 3.00. The highest BCUT2D eigenvalue weighted by atomic mass is 32.1. The number of pyridine rings is 1. The molecule has 0 aliphatic carbocycles. The van der Waals surface area contributed by atoms with E-state index in [0.29, 0.717) is 5.76 Å². The minimum Gasteiger partial charge on any atom is -0.455 e. The number of nitrogens with zero attached hydrogens (tertiary/aromatic N) is 3. The molecule has 0 saturated carbocycles. The van der Waals surface area contributed by atoms with E-state index in [1.54, 1.807) is 11.3 Å². The fourth-order valence-corrected chi connectivity index (χ4v) is 6.04. The van der Waals surface area contributed by atoms with Crippen LogP contribution in [0.25, 0.3) is 64.5 Å². The van der Waals surface area contributed by atoms with Crippen molar-refractivity contribution >= 4 is 75.9 Å². The van der Waals surface area contributed by atoms with Crippen molar-refractivity contribution in [3.05, 3.63) is 72.0 Å². The number of aromatic nitrogens is 1. The third-order valence-electron chi connectivity index (χ3n) is 6.04. The highest BCUT2D eigenvalue weighted by molar-refractivity contribution is 7.25. The van der Waals surface area contributed by atoms with E-state index in [4.69, 9.17) is 14.9 Å². The number of fused-ring (bicyclic) bond motifs is 8. The topological polar surface area (TPSA) is 65.1 Å². The summed E-state index contributed by atoms with van der Waals surface area (Å²) in [5.41, 5.74) is 3.25. The van der Waals surface area contributed by atoms with Crippen LogP contribution < -0.4 is 0 Å². The molecular weight excluding hydrogens is 402 g/mol. The molecule has 0 saturated heterocycles. The molecule has 142 valence electrons. The standard InChI is InChI=1S/C26H11N3OS/c27-12-14(13-28)10-16-11-21-25(30-16)23-19-6-3-4-15-8-9-18-17-5-1-2-7-20(17)29(26(23)31-21)24(18)22(15)19/h1-11H. The summed E-state index contributed by atoms with van der Waals surface area (Å²) in [6.45, 7) is 0. The largest absolute Gasteiger partial charge is 0.455 e. The second-order valence-electron chi connectivity index (χ2n) is 7.62. The van der Waals surface area contributed by atoms with Gasteiger partial charge in [-0.15, -0.1) is 11.3 Å². The average molecular weight is 413 g/mol. The van der Waals surface area contributed by atoms with Gasteiger partial charge in [0.05, 0.1) is 21.1 Å². The molecule has 4 aromatic heterocycles. The molecule has 3 aromatic carbocycles. The van der Waals surface area contributed by atoms with Crippen molar-refractivity contribution in [2.45, 2.75) is 0 Å². The highest BCUT2D eigenvalue weighted by Crippen LogP contribution is 2.46. The van der Waals surface area contributed by atoms with Crippen LogP contribution in [0.15, 0.2) is 70.7 Å². The number of para-hydroxylation sites is 1. The van der Waals surface area contributed by atoms with Gasteiger partial charge in [-0.3, -0.25) is 4.40 Å². The van der Waals surface area contributed by atoms with Gasteiger partial charge in [0.25, 0.3) is 0 Å². The van der Waals surface area contributed by atoms with Gasteiger partial charge in [0.2, 0.25) is 0 Å². The van der Waals surface area contributed by atoms with Crippen LogP contribution in [0.5, 0.6) is 0 Å². The van der Waals surface area contributed by atoms with E-state index in [2.05, 4.69) is 59.0 Å². The average Bonchev–Trinajstić information content (AvgIpc) is 3.45. The monoisotopic (exact) mass is 413 g/mol. The molecule has 0 N–H and O–H groups in total. The second kappa shape index (κ2) is 5.64. The first-order valence-corrected chi connectivity index (χ1v) is 10.6. The number of furan rings is 1. The van der Waals surface area contributed by atoms with Crippen LogP contribution in [0.3, 0.4) is 0 Å². The SMILES string of the molecule is N#CC(C#N)=Cc1cc2sc3c(c4cccc5ccc6c7ccccc7n3c6c54)c2o1. The zero-order valence-electron chi connectivity index (χ0n) is 16.0. The van der Waals surface area contributed by atoms with Crippen molar-refractivity contribution in [3.63, 3.8) is 0 Å². The van der Waals surface area contributed by atoms with Crippen LogP contribution in [0.1, 0.15) is 5.76 Å². The van der Waals surface area contributed by atoms with Crippen molar-refractivity contribution in [3.8, 4) is 12.1 Å². The first kappa shape index (κ1) is 16.5. The molecule has 0 atom stereocenters. The predicted molar refractivity (Wildman–Crippen MR) is 125 cm³/mol. The molecule has 31 heavy (non-hydrogen) atoms. The smallest absolute Gasteiger partial charge is 0.155 e. The van der Waals surface area contributed by atoms with E-state index in [1.165, 1.54) is 38.7 Å². The zero-order chi connectivity index (χ0) is 20.7. The van der Waals surface area contributed by atoms with E-state index in [-0.39, 0.29) is 5.57 Å². The summed E-state index contributed by atoms with van der Waals surface area (Å²) in [6, 6.07) is 25.0. The zero-order valence-corrected chi connectivity index (χ0v) is 16.8. The van der Waals surface area contributed by atoms with E-state index in [1.807, 2.05) is 18.2 Å². The molecule has 0 bridgehead atoms. The number of nitriles is 2. The van der Waals surface area contributed by atoms with Gasteiger partial charge in [-0.05, 0) is 16.8 Å². The molecule has 7 rings (SSSR count). The maximum Gasteiger partial charge on any atom is 0.155 e. The third kappa shape index (κ3) is 1.96. The predicted octanol–water partition coefficient (Wildman–Crippen LogP) is 7.23. The van der Waals surface area contributed by atoms with Gasteiger partial charge < -0.3 is 4.42 Å². The van der Waals surface area contributed by atoms with Crippen LogP contribution in [0.2, 0.25) is 0 Å². The Morgan fingerprint density at radius 2 is 1.74 bits per heavy atom. The lowest BCUT2D eigenvalue weighted by Gasteiger charge is -2.09. The molecule has 5 heteroatoms. The molecule has 4 heterocycles. The van der Waals surface area contributed by atoms with Gasteiger partial charge in [0.1, 0.15) is 28.3 Å². The number of allylic oxidation sites excluding steroid dienone is 1. The molecule has 0 aliphatic rings. The Morgan fingerprint density at radius 3 is 2.61 bits per heavy atom. The Labute approximate surface area is 179 Å². The molecule has 7 aromatic rings. The van der Waals surface area contributed by atoms with Crippen LogP contribution in [-0.2, 0) is 0 Å². The first-order valence-electron chi connectivity index (χ1n) is 9.82. The molecule has 0 radical (unpaired) electrons. The summed E-state index contributed by atoms with van der Waals surface area (Å²) in [5.74, 6) is 0.524. The number of rotatable bonds is 1. The Bertz CT molecular complexity index is 1950. The van der Waals surface area contributed by atoms with E-state index in [9.17, 15) is 0 Å². The van der Waals surface area contributed by atoms with Crippen molar-refractivity contribution in [1.29, 1.82) is 10.5 Å². The van der Waals surface area contributed by atoms with Crippen LogP contribution in [-0.4, -0.2) is 4.40 Å².